The minimum Gasteiger partial charge on any atom is -0.312 e. The van der Waals surface area contributed by atoms with E-state index in [2.05, 4.69) is 55.1 Å². The van der Waals surface area contributed by atoms with Crippen LogP contribution in [-0.2, 0) is 0 Å². The third-order valence-corrected chi connectivity index (χ3v) is 6.45. The van der Waals surface area contributed by atoms with Crippen molar-refractivity contribution in [1.82, 2.24) is 5.32 Å². The van der Waals surface area contributed by atoms with E-state index >= 15 is 0 Å². The highest BCUT2D eigenvalue weighted by Gasteiger charge is 2.42. The molecule has 3 heteroatoms. The maximum Gasteiger partial charge on any atom is 0.0481 e. The summed E-state index contributed by atoms with van der Waals surface area (Å²) in [7, 11) is 2.13. The molecular formula is C16H26BrNS. The first-order chi connectivity index (χ1) is 8.98. The highest BCUT2D eigenvalue weighted by Crippen LogP contribution is 2.53. The highest BCUT2D eigenvalue weighted by molar-refractivity contribution is 9.10. The summed E-state index contributed by atoms with van der Waals surface area (Å²) < 4.78 is 1.30. The molecule has 1 atom stereocenters. The zero-order chi connectivity index (χ0) is 14.0. The number of nitrogens with one attached hydrogen (secondary N) is 1. The Morgan fingerprint density at radius 2 is 2.00 bits per heavy atom. The molecule has 1 aliphatic carbocycles. The van der Waals surface area contributed by atoms with Crippen LogP contribution in [0.4, 0.5) is 0 Å². The van der Waals surface area contributed by atoms with E-state index in [9.17, 15) is 0 Å². The van der Waals surface area contributed by atoms with E-state index in [-0.39, 0.29) is 0 Å². The summed E-state index contributed by atoms with van der Waals surface area (Å²) in [5.74, 6) is 0.772. The van der Waals surface area contributed by atoms with Gasteiger partial charge in [0.25, 0.3) is 0 Å². The van der Waals surface area contributed by atoms with E-state index in [1.807, 2.05) is 11.3 Å². The van der Waals surface area contributed by atoms with Gasteiger partial charge >= 0.3 is 0 Å². The van der Waals surface area contributed by atoms with Crippen LogP contribution in [0.25, 0.3) is 0 Å². The SMILES string of the molecule is CNC(c1sc(C)cc1Br)C1(CC(C)C)CCCC1. The second-order valence-corrected chi connectivity index (χ2v) is 8.60. The van der Waals surface area contributed by atoms with Crippen LogP contribution in [0, 0.1) is 18.3 Å². The first kappa shape index (κ1) is 15.5. The van der Waals surface area contributed by atoms with Crippen LogP contribution >= 0.6 is 27.3 Å². The lowest BCUT2D eigenvalue weighted by Gasteiger charge is -2.39. The van der Waals surface area contributed by atoms with Gasteiger partial charge in [0.05, 0.1) is 0 Å². The molecule has 0 amide bonds. The number of hydrogen-bond donors (Lipinski definition) is 1. The van der Waals surface area contributed by atoms with E-state index in [0.29, 0.717) is 11.5 Å². The molecule has 0 radical (unpaired) electrons. The Hall–Kier alpha value is 0.140. The Balaban J connectivity index is 2.35. The number of thiophene rings is 1. The largest absolute Gasteiger partial charge is 0.312 e. The van der Waals surface area contributed by atoms with Crippen molar-refractivity contribution in [3.8, 4) is 0 Å². The van der Waals surface area contributed by atoms with Crippen molar-refractivity contribution in [1.29, 1.82) is 0 Å². The molecule has 0 saturated heterocycles. The van der Waals surface area contributed by atoms with Gasteiger partial charge in [-0.1, -0.05) is 26.7 Å². The summed E-state index contributed by atoms with van der Waals surface area (Å²) in [4.78, 5) is 2.90. The van der Waals surface area contributed by atoms with Gasteiger partial charge in [-0.25, -0.2) is 0 Å². The van der Waals surface area contributed by atoms with Gasteiger partial charge in [0.2, 0.25) is 0 Å². The Morgan fingerprint density at radius 1 is 1.37 bits per heavy atom. The Kier molecular flexibility index (Phi) is 5.13. The first-order valence-corrected chi connectivity index (χ1v) is 9.02. The number of rotatable bonds is 5. The predicted molar refractivity (Wildman–Crippen MR) is 88.9 cm³/mol. The third-order valence-electron chi connectivity index (χ3n) is 4.41. The number of aryl methyl sites for hydroxylation is 1. The third kappa shape index (κ3) is 3.25. The molecule has 1 N–H and O–H groups in total. The summed E-state index contributed by atoms with van der Waals surface area (Å²) >= 11 is 5.72. The van der Waals surface area contributed by atoms with Crippen molar-refractivity contribution in [2.45, 2.75) is 58.9 Å². The van der Waals surface area contributed by atoms with Crippen LogP contribution in [0.2, 0.25) is 0 Å². The summed E-state index contributed by atoms with van der Waals surface area (Å²) in [6.45, 7) is 6.93. The van der Waals surface area contributed by atoms with Crippen molar-refractivity contribution in [3.05, 3.63) is 20.3 Å². The maximum atomic E-state index is 3.77. The van der Waals surface area contributed by atoms with E-state index < -0.39 is 0 Å². The van der Waals surface area contributed by atoms with Crippen LogP contribution in [0.3, 0.4) is 0 Å². The van der Waals surface area contributed by atoms with Crippen molar-refractivity contribution in [2.75, 3.05) is 7.05 Å². The number of halogens is 1. The fourth-order valence-electron chi connectivity index (χ4n) is 3.92. The summed E-state index contributed by atoms with van der Waals surface area (Å²) in [6, 6.07) is 2.77. The van der Waals surface area contributed by atoms with Gasteiger partial charge in [-0.05, 0) is 66.6 Å². The molecule has 19 heavy (non-hydrogen) atoms. The molecular weight excluding hydrogens is 318 g/mol. The second kappa shape index (κ2) is 6.28. The molecule has 1 aromatic rings. The Morgan fingerprint density at radius 3 is 2.42 bits per heavy atom. The summed E-state index contributed by atoms with van der Waals surface area (Å²) in [6.07, 6.45) is 6.88. The van der Waals surface area contributed by atoms with Crippen molar-refractivity contribution in [3.63, 3.8) is 0 Å². The molecule has 108 valence electrons. The smallest absolute Gasteiger partial charge is 0.0481 e. The fourth-order valence-corrected chi connectivity index (χ4v) is 6.05. The molecule has 1 unspecified atom stereocenters. The van der Waals surface area contributed by atoms with Gasteiger partial charge in [-0.2, -0.15) is 0 Å². The molecule has 0 aliphatic heterocycles. The molecule has 1 nitrogen and oxygen atoms in total. The zero-order valence-corrected chi connectivity index (χ0v) is 15.0. The normalized spacial score (nSPS) is 20.1. The second-order valence-electron chi connectivity index (χ2n) is 6.46. The average molecular weight is 344 g/mol. The zero-order valence-electron chi connectivity index (χ0n) is 12.6. The Labute approximate surface area is 130 Å². The highest BCUT2D eigenvalue weighted by atomic mass is 79.9. The van der Waals surface area contributed by atoms with E-state index in [4.69, 9.17) is 0 Å². The maximum absolute atomic E-state index is 3.77. The number of hydrogen-bond acceptors (Lipinski definition) is 2. The van der Waals surface area contributed by atoms with Gasteiger partial charge in [0.15, 0.2) is 0 Å². The fraction of sp³-hybridized carbons (Fsp3) is 0.750. The average Bonchev–Trinajstić information content (AvgIpc) is 2.88. The minimum atomic E-state index is 0.461. The van der Waals surface area contributed by atoms with E-state index in [1.165, 1.54) is 46.3 Å². The van der Waals surface area contributed by atoms with Gasteiger partial charge in [0, 0.05) is 20.3 Å². The van der Waals surface area contributed by atoms with Crippen molar-refractivity contribution < 1.29 is 0 Å². The molecule has 0 bridgehead atoms. The van der Waals surface area contributed by atoms with Crippen LogP contribution in [-0.4, -0.2) is 7.05 Å². The monoisotopic (exact) mass is 343 g/mol. The van der Waals surface area contributed by atoms with Crippen molar-refractivity contribution >= 4 is 27.3 Å². The summed E-state index contributed by atoms with van der Waals surface area (Å²) in [5, 5.41) is 3.64. The lowest BCUT2D eigenvalue weighted by Crippen LogP contribution is -2.35. The quantitative estimate of drug-likeness (QED) is 0.724. The van der Waals surface area contributed by atoms with E-state index in [0.717, 1.165) is 5.92 Å². The Bertz CT molecular complexity index is 418. The molecule has 1 fully saturated rings. The van der Waals surface area contributed by atoms with Crippen LogP contribution in [0.1, 0.15) is 61.7 Å². The van der Waals surface area contributed by atoms with Crippen molar-refractivity contribution in [2.24, 2.45) is 11.3 Å². The molecule has 2 rings (SSSR count). The minimum absolute atomic E-state index is 0.461. The summed E-state index contributed by atoms with van der Waals surface area (Å²) in [5.41, 5.74) is 0.461. The molecule has 1 aromatic heterocycles. The van der Waals surface area contributed by atoms with E-state index in [1.54, 1.807) is 0 Å². The van der Waals surface area contributed by atoms with Crippen LogP contribution < -0.4 is 5.32 Å². The van der Waals surface area contributed by atoms with Gasteiger partial charge < -0.3 is 5.32 Å². The van der Waals surface area contributed by atoms with Gasteiger partial charge in [-0.3, -0.25) is 0 Å². The predicted octanol–water partition coefficient (Wildman–Crippen LogP) is 5.69. The molecule has 1 aliphatic rings. The molecule has 0 spiro atoms. The lowest BCUT2D eigenvalue weighted by molar-refractivity contribution is 0.163. The standard InChI is InChI=1S/C16H26BrNS/c1-11(2)10-16(7-5-6-8-16)15(18-4)14-13(17)9-12(3)19-14/h9,11,15,18H,5-8,10H2,1-4H3. The lowest BCUT2D eigenvalue weighted by atomic mass is 9.72. The van der Waals surface area contributed by atoms with Crippen LogP contribution in [0.15, 0.2) is 10.5 Å². The first-order valence-electron chi connectivity index (χ1n) is 7.41. The van der Waals surface area contributed by atoms with Crippen LogP contribution in [0.5, 0.6) is 0 Å². The molecule has 1 saturated carbocycles. The van der Waals surface area contributed by atoms with Gasteiger partial charge in [0.1, 0.15) is 0 Å². The molecule has 0 aromatic carbocycles. The molecule has 1 heterocycles. The topological polar surface area (TPSA) is 12.0 Å². The van der Waals surface area contributed by atoms with Gasteiger partial charge in [-0.15, -0.1) is 11.3 Å².